The largest absolute Gasteiger partial charge is 0.463 e. The molecule has 0 spiro atoms. The van der Waals surface area contributed by atoms with Crippen molar-refractivity contribution < 1.29 is 21.9 Å². The van der Waals surface area contributed by atoms with Crippen molar-refractivity contribution in [1.29, 1.82) is 0 Å². The Morgan fingerprint density at radius 1 is 0.636 bits per heavy atom. The third-order valence-corrected chi connectivity index (χ3v) is 82.6. The van der Waals surface area contributed by atoms with Crippen LogP contribution in [-0.4, -0.2) is 67.7 Å². The van der Waals surface area contributed by atoms with Crippen LogP contribution in [0.4, 0.5) is 0 Å². The first-order valence-electron chi connectivity index (χ1n) is 12.2. The molecular formula is C21H54O5Si7. The molecule has 0 saturated carbocycles. The molecule has 0 bridgehead atoms. The molecule has 0 atom stereocenters. The Kier molecular flexibility index (Phi) is 11.5. The van der Waals surface area contributed by atoms with Crippen LogP contribution in [0.5, 0.6) is 0 Å². The lowest BCUT2D eigenvalue weighted by Crippen LogP contribution is -2.89. The Morgan fingerprint density at radius 2 is 0.939 bits per heavy atom. The maximum atomic E-state index is 11.7. The molecular weight excluding hydrogens is 529 g/mol. The number of hydrogen-bond acceptors (Lipinski definition) is 5. The first-order chi connectivity index (χ1) is 14.3. The van der Waals surface area contributed by atoms with Gasteiger partial charge in [-0.05, 0) is 105 Å². The van der Waals surface area contributed by atoms with Crippen molar-refractivity contribution in [3.8, 4) is 0 Å². The van der Waals surface area contributed by atoms with Gasteiger partial charge in [-0.3, -0.25) is 0 Å². The highest BCUT2D eigenvalue weighted by Gasteiger charge is 2.71. The van der Waals surface area contributed by atoms with E-state index in [-0.39, 0.29) is 5.97 Å². The fraction of sp³-hybridized carbons (Fsp3) is 0.857. The zero-order chi connectivity index (χ0) is 26.7. The summed E-state index contributed by atoms with van der Waals surface area (Å²) >= 11 is 0. The van der Waals surface area contributed by atoms with E-state index in [1.807, 2.05) is 0 Å². The van der Waals surface area contributed by atoms with Gasteiger partial charge in [0.25, 0.3) is 0 Å². The molecule has 0 amide bonds. The lowest BCUT2D eigenvalue weighted by atomic mass is 10.5. The Hall–Kier alpha value is 0.608. The van der Waals surface area contributed by atoms with E-state index in [0.717, 1.165) is 12.5 Å². The molecule has 33 heavy (non-hydrogen) atoms. The maximum Gasteiger partial charge on any atom is 0.330 e. The van der Waals surface area contributed by atoms with Crippen molar-refractivity contribution >= 4 is 61.1 Å². The number of ether oxygens (including phenoxy) is 1. The fourth-order valence-corrected chi connectivity index (χ4v) is 114. The molecule has 0 aliphatic heterocycles. The second-order valence-electron chi connectivity index (χ2n) is 13.6. The molecule has 0 fully saturated rings. The Bertz CT molecular complexity index is 605. The van der Waals surface area contributed by atoms with E-state index in [9.17, 15) is 4.79 Å². The highest BCUT2D eigenvalue weighted by Crippen LogP contribution is 2.45. The predicted molar refractivity (Wildman–Crippen MR) is 162 cm³/mol. The maximum absolute atomic E-state index is 11.7. The topological polar surface area (TPSA) is 54.0 Å². The lowest BCUT2D eigenvalue weighted by Gasteiger charge is -2.61. The van der Waals surface area contributed by atoms with Crippen LogP contribution in [0.25, 0.3) is 0 Å². The fourth-order valence-electron chi connectivity index (χ4n) is 6.20. The van der Waals surface area contributed by atoms with Crippen LogP contribution in [0, 0.1) is 0 Å². The van der Waals surface area contributed by atoms with E-state index in [1.165, 1.54) is 6.08 Å². The summed E-state index contributed by atoms with van der Waals surface area (Å²) in [7, 11) is -12.0. The van der Waals surface area contributed by atoms with Gasteiger partial charge in [0.2, 0.25) is 0 Å². The van der Waals surface area contributed by atoms with Gasteiger partial charge in [0.1, 0.15) is 6.63 Å². The van der Waals surface area contributed by atoms with E-state index in [0.29, 0.717) is 6.61 Å². The third-order valence-electron chi connectivity index (χ3n) is 5.87. The van der Waals surface area contributed by atoms with Gasteiger partial charge in [-0.2, -0.15) is 0 Å². The van der Waals surface area contributed by atoms with Gasteiger partial charge < -0.3 is 17.1 Å². The molecule has 0 aliphatic rings. The van der Waals surface area contributed by atoms with Crippen LogP contribution >= 0.6 is 0 Å². The van der Waals surface area contributed by atoms with Crippen LogP contribution in [-0.2, 0) is 21.9 Å². The number of carbonyl (C=O) groups excluding carboxylic acids is 1. The second-order valence-corrected chi connectivity index (χ2v) is 63.1. The standard InChI is InChI=1S/C21H54O5Si7/c1-17-21(22)23-19-18-20-33(30(11,12)24-27(2,3)4,31(13,14)25-28(5,6)7)32(15,16)26-29(8,9)10/h17H,1,18-20H2,2-16H3. The smallest absolute Gasteiger partial charge is 0.330 e. The molecule has 0 rings (SSSR count). The molecule has 0 aromatic rings. The molecule has 0 radical (unpaired) electrons. The molecule has 5 nitrogen and oxygen atoms in total. The Balaban J connectivity index is 6.93. The minimum absolute atomic E-state index is 0.346. The summed E-state index contributed by atoms with van der Waals surface area (Å²) in [5.74, 6) is -0.346. The van der Waals surface area contributed by atoms with Crippen LogP contribution in [0.3, 0.4) is 0 Å². The summed E-state index contributed by atoms with van der Waals surface area (Å²) in [6.45, 7) is 37.4. The average molecular weight is 583 g/mol. The lowest BCUT2D eigenvalue weighted by molar-refractivity contribution is -0.137. The number of esters is 1. The van der Waals surface area contributed by atoms with E-state index in [4.69, 9.17) is 17.1 Å². The number of rotatable bonds is 14. The summed E-state index contributed by atoms with van der Waals surface area (Å²) in [5.41, 5.74) is 0. The highest BCUT2D eigenvalue weighted by molar-refractivity contribution is 7.88. The highest BCUT2D eigenvalue weighted by atomic mass is 29.9. The molecule has 0 N–H and O–H groups in total. The molecule has 0 unspecified atom stereocenters. The summed E-state index contributed by atoms with van der Waals surface area (Å²) in [6.07, 6.45) is 2.09. The van der Waals surface area contributed by atoms with Crippen LogP contribution < -0.4 is 0 Å². The molecule has 0 saturated heterocycles. The minimum Gasteiger partial charge on any atom is -0.463 e. The zero-order valence-corrected chi connectivity index (χ0v) is 31.4. The molecule has 196 valence electrons. The monoisotopic (exact) mass is 582 g/mol. The number of hydrogen-bond donors (Lipinski definition) is 0. The van der Waals surface area contributed by atoms with Gasteiger partial charge >= 0.3 is 5.97 Å². The molecule has 0 aliphatic carbocycles. The third kappa shape index (κ3) is 9.88. The van der Waals surface area contributed by atoms with E-state index in [1.54, 1.807) is 0 Å². The van der Waals surface area contributed by atoms with E-state index in [2.05, 4.69) is 105 Å². The summed E-state index contributed by atoms with van der Waals surface area (Å²) in [5, 5.41) is 0. The van der Waals surface area contributed by atoms with Crippen molar-refractivity contribution in [2.75, 3.05) is 6.61 Å². The minimum atomic E-state index is -2.25. The zero-order valence-electron chi connectivity index (χ0n) is 24.4. The van der Waals surface area contributed by atoms with Crippen molar-refractivity contribution in [3.05, 3.63) is 12.7 Å². The van der Waals surface area contributed by atoms with Crippen LogP contribution in [0.1, 0.15) is 6.42 Å². The molecule has 12 heteroatoms. The molecule has 0 aromatic carbocycles. The van der Waals surface area contributed by atoms with E-state index < -0.39 is 55.1 Å². The van der Waals surface area contributed by atoms with Crippen LogP contribution in [0.2, 0.25) is 104 Å². The second kappa shape index (κ2) is 11.3. The Morgan fingerprint density at radius 3 is 1.18 bits per heavy atom. The molecule has 0 aromatic heterocycles. The number of carbonyl (C=O) groups is 1. The summed E-state index contributed by atoms with van der Waals surface area (Å²) < 4.78 is 27.2. The van der Waals surface area contributed by atoms with Crippen LogP contribution in [0.15, 0.2) is 12.7 Å². The van der Waals surface area contributed by atoms with Crippen molar-refractivity contribution in [2.45, 2.75) is 111 Å². The predicted octanol–water partition coefficient (Wildman–Crippen LogP) is 6.96. The van der Waals surface area contributed by atoms with E-state index >= 15 is 0 Å². The SMILES string of the molecule is C=CC(=O)OCCC[Si]([Si](C)(C)O[Si](C)(C)C)([Si](C)(C)O[Si](C)(C)C)[Si](C)(C)O[Si](C)(C)C. The summed E-state index contributed by atoms with van der Waals surface area (Å²) in [6, 6.07) is 1.05. The normalized spacial score (nSPS) is 14.9. The molecule has 0 heterocycles. The average Bonchev–Trinajstić information content (AvgIpc) is 2.46. The summed E-state index contributed by atoms with van der Waals surface area (Å²) in [4.78, 5) is 11.7. The van der Waals surface area contributed by atoms with Crippen molar-refractivity contribution in [2.24, 2.45) is 0 Å². The van der Waals surface area contributed by atoms with Gasteiger partial charge in [0.05, 0.1) is 6.61 Å². The Labute approximate surface area is 212 Å². The van der Waals surface area contributed by atoms with Gasteiger partial charge in [0.15, 0.2) is 48.5 Å². The first kappa shape index (κ1) is 33.6. The quantitative estimate of drug-likeness (QED) is 0.0959. The van der Waals surface area contributed by atoms with Gasteiger partial charge in [-0.25, -0.2) is 4.79 Å². The van der Waals surface area contributed by atoms with Crippen molar-refractivity contribution in [1.82, 2.24) is 0 Å². The van der Waals surface area contributed by atoms with Gasteiger partial charge in [-0.1, -0.05) is 12.6 Å². The van der Waals surface area contributed by atoms with Gasteiger partial charge in [-0.15, -0.1) is 0 Å². The first-order valence-corrected chi connectivity index (χ1v) is 36.4. The van der Waals surface area contributed by atoms with Gasteiger partial charge in [0, 0.05) is 6.08 Å². The van der Waals surface area contributed by atoms with Crippen molar-refractivity contribution in [3.63, 3.8) is 0 Å².